The van der Waals surface area contributed by atoms with Crippen LogP contribution in [0.15, 0.2) is 91.0 Å². The first kappa shape index (κ1) is 29.1. The number of aryl methyl sites for hydroxylation is 1. The van der Waals surface area contributed by atoms with Crippen LogP contribution in [0.2, 0.25) is 0 Å². The predicted octanol–water partition coefficient (Wildman–Crippen LogP) is 6.88. The molecule has 4 aromatic carbocycles. The zero-order valence-electron chi connectivity index (χ0n) is 23.1. The molecule has 0 heterocycles. The summed E-state index contributed by atoms with van der Waals surface area (Å²) in [5.41, 5.74) is 5.58. The second kappa shape index (κ2) is 14.5. The van der Waals surface area contributed by atoms with Crippen molar-refractivity contribution in [3.8, 4) is 22.6 Å². The number of carboxylic acid groups (broad SMARTS) is 1. The van der Waals surface area contributed by atoms with Crippen molar-refractivity contribution in [2.45, 2.75) is 26.2 Å². The maximum Gasteiger partial charge on any atom is 0.322 e. The van der Waals surface area contributed by atoms with Gasteiger partial charge in [0.1, 0.15) is 18.0 Å². The van der Waals surface area contributed by atoms with Crippen molar-refractivity contribution < 1.29 is 24.2 Å². The number of carbonyl (C=O) groups is 2. The average Bonchev–Trinajstić information content (AvgIpc) is 3.01. The van der Waals surface area contributed by atoms with E-state index < -0.39 is 5.97 Å². The standard InChI is InChI=1S/C34H34N2O5/c1-2-7-27-20-28(34(39)26-12-10-25(11-13-26)24-8-4-3-5-9-24)14-17-32(27)41-19-6-18-40-30-15-16-31(29(21-30)22-35)36-23-33(37)38/h3-5,8-17,20-22,35-36H,2,6-7,18-19,23H2,1H3,(H,37,38). The van der Waals surface area contributed by atoms with Crippen molar-refractivity contribution in [1.82, 2.24) is 0 Å². The monoisotopic (exact) mass is 550 g/mol. The summed E-state index contributed by atoms with van der Waals surface area (Å²) in [6, 6.07) is 28.5. The van der Waals surface area contributed by atoms with Crippen molar-refractivity contribution in [2.75, 3.05) is 25.1 Å². The van der Waals surface area contributed by atoms with Gasteiger partial charge in [-0.2, -0.15) is 0 Å². The fraction of sp³-hybridized carbons (Fsp3) is 0.206. The van der Waals surface area contributed by atoms with Gasteiger partial charge in [0.25, 0.3) is 0 Å². The number of benzene rings is 4. The normalized spacial score (nSPS) is 10.6. The van der Waals surface area contributed by atoms with Crippen LogP contribution < -0.4 is 14.8 Å². The Balaban J connectivity index is 1.32. The smallest absolute Gasteiger partial charge is 0.322 e. The highest BCUT2D eigenvalue weighted by molar-refractivity contribution is 6.09. The van der Waals surface area contributed by atoms with Crippen LogP contribution in [0.25, 0.3) is 11.1 Å². The minimum Gasteiger partial charge on any atom is -0.493 e. The Morgan fingerprint density at radius 2 is 1.56 bits per heavy atom. The molecule has 0 radical (unpaired) electrons. The molecule has 0 aliphatic heterocycles. The van der Waals surface area contributed by atoms with Gasteiger partial charge in [-0.1, -0.05) is 67.9 Å². The van der Waals surface area contributed by atoms with E-state index in [1.807, 2.05) is 72.8 Å². The van der Waals surface area contributed by atoms with Crippen molar-refractivity contribution in [3.63, 3.8) is 0 Å². The maximum atomic E-state index is 13.2. The molecule has 0 unspecified atom stereocenters. The number of aliphatic carboxylic acids is 1. The third-order valence-corrected chi connectivity index (χ3v) is 6.52. The molecule has 0 saturated heterocycles. The molecule has 0 fully saturated rings. The lowest BCUT2D eigenvalue weighted by molar-refractivity contribution is -0.134. The number of ketones is 1. The lowest BCUT2D eigenvalue weighted by atomic mass is 9.97. The van der Waals surface area contributed by atoms with Crippen LogP contribution in [0.1, 0.15) is 46.8 Å². The Hall–Kier alpha value is -4.91. The molecule has 3 N–H and O–H groups in total. The highest BCUT2D eigenvalue weighted by atomic mass is 16.5. The van der Waals surface area contributed by atoms with Gasteiger partial charge in [-0.25, -0.2) is 0 Å². The summed E-state index contributed by atoms with van der Waals surface area (Å²) in [4.78, 5) is 24.0. The molecule has 4 rings (SSSR count). The van der Waals surface area contributed by atoms with Crippen molar-refractivity contribution >= 4 is 23.7 Å². The van der Waals surface area contributed by atoms with Crippen LogP contribution in [0.5, 0.6) is 11.5 Å². The summed E-state index contributed by atoms with van der Waals surface area (Å²) in [6.45, 7) is 2.73. The van der Waals surface area contributed by atoms with Crippen molar-refractivity contribution in [2.24, 2.45) is 0 Å². The van der Waals surface area contributed by atoms with Crippen molar-refractivity contribution in [1.29, 1.82) is 5.41 Å². The van der Waals surface area contributed by atoms with Crippen molar-refractivity contribution in [3.05, 3.63) is 113 Å². The fourth-order valence-corrected chi connectivity index (χ4v) is 4.45. The first-order valence-corrected chi connectivity index (χ1v) is 13.7. The summed E-state index contributed by atoms with van der Waals surface area (Å²) in [6.07, 6.45) is 3.52. The molecular formula is C34H34N2O5. The number of hydrogen-bond acceptors (Lipinski definition) is 6. The summed E-state index contributed by atoms with van der Waals surface area (Å²) >= 11 is 0. The Morgan fingerprint density at radius 1 is 0.854 bits per heavy atom. The summed E-state index contributed by atoms with van der Waals surface area (Å²) in [5, 5.41) is 19.2. The largest absolute Gasteiger partial charge is 0.493 e. The molecule has 41 heavy (non-hydrogen) atoms. The minimum absolute atomic E-state index is 0.0182. The van der Waals surface area contributed by atoms with E-state index in [1.54, 1.807) is 18.2 Å². The van der Waals surface area contributed by atoms with E-state index in [1.165, 1.54) is 0 Å². The molecule has 4 aromatic rings. The number of anilines is 1. The quantitative estimate of drug-likeness (QED) is 0.0846. The van der Waals surface area contributed by atoms with E-state index in [9.17, 15) is 9.59 Å². The van der Waals surface area contributed by atoms with Gasteiger partial charge in [0.15, 0.2) is 5.78 Å². The van der Waals surface area contributed by atoms with E-state index >= 15 is 0 Å². The maximum absolute atomic E-state index is 13.2. The third kappa shape index (κ3) is 8.05. The van der Waals surface area contributed by atoms with Gasteiger partial charge in [-0.15, -0.1) is 0 Å². The Labute approximate surface area is 240 Å². The van der Waals surface area contributed by atoms with Crippen LogP contribution in [0, 0.1) is 5.41 Å². The second-order valence-corrected chi connectivity index (χ2v) is 9.54. The Morgan fingerprint density at radius 3 is 2.27 bits per heavy atom. The van der Waals surface area contributed by atoms with Gasteiger partial charge in [-0.05, 0) is 59.5 Å². The van der Waals surface area contributed by atoms with Crippen LogP contribution in [0.4, 0.5) is 5.69 Å². The second-order valence-electron chi connectivity index (χ2n) is 9.54. The van der Waals surface area contributed by atoms with Gasteiger partial charge in [0, 0.05) is 35.0 Å². The number of rotatable bonds is 15. The lowest BCUT2D eigenvalue weighted by Crippen LogP contribution is -2.13. The highest BCUT2D eigenvalue weighted by Crippen LogP contribution is 2.26. The molecule has 0 aliphatic carbocycles. The molecule has 0 aliphatic rings. The van der Waals surface area contributed by atoms with E-state index in [-0.39, 0.29) is 12.3 Å². The van der Waals surface area contributed by atoms with Gasteiger partial charge in [0.05, 0.1) is 13.2 Å². The van der Waals surface area contributed by atoms with Gasteiger partial charge >= 0.3 is 5.97 Å². The lowest BCUT2D eigenvalue weighted by Gasteiger charge is -2.14. The molecule has 0 atom stereocenters. The third-order valence-electron chi connectivity index (χ3n) is 6.52. The van der Waals surface area contributed by atoms with Gasteiger partial charge in [-0.3, -0.25) is 9.59 Å². The molecule has 0 spiro atoms. The van der Waals surface area contributed by atoms with E-state index in [0.717, 1.165) is 41.5 Å². The Bertz CT molecular complexity index is 1480. The topological polar surface area (TPSA) is 109 Å². The first-order valence-electron chi connectivity index (χ1n) is 13.7. The summed E-state index contributed by atoms with van der Waals surface area (Å²) < 4.78 is 11.9. The van der Waals surface area contributed by atoms with E-state index in [4.69, 9.17) is 20.0 Å². The Kier molecular flexibility index (Phi) is 10.3. The van der Waals surface area contributed by atoms with E-state index in [0.29, 0.717) is 47.8 Å². The number of ether oxygens (including phenoxy) is 2. The number of nitrogens with one attached hydrogen (secondary N) is 2. The molecule has 210 valence electrons. The summed E-state index contributed by atoms with van der Waals surface area (Å²) in [5.74, 6) is 0.368. The van der Waals surface area contributed by atoms with Crippen LogP contribution >= 0.6 is 0 Å². The van der Waals surface area contributed by atoms with Gasteiger partial charge < -0.3 is 25.3 Å². The molecular weight excluding hydrogens is 516 g/mol. The summed E-state index contributed by atoms with van der Waals surface area (Å²) in [7, 11) is 0. The predicted molar refractivity (Wildman–Crippen MR) is 162 cm³/mol. The van der Waals surface area contributed by atoms with Crippen LogP contribution in [0.3, 0.4) is 0 Å². The highest BCUT2D eigenvalue weighted by Gasteiger charge is 2.13. The molecule has 7 nitrogen and oxygen atoms in total. The number of hydrogen-bond donors (Lipinski definition) is 3. The average molecular weight is 551 g/mol. The number of carboxylic acids is 1. The van der Waals surface area contributed by atoms with Crippen LogP contribution in [-0.2, 0) is 11.2 Å². The fourth-order valence-electron chi connectivity index (χ4n) is 4.45. The van der Waals surface area contributed by atoms with E-state index in [2.05, 4.69) is 12.2 Å². The minimum atomic E-state index is -0.974. The molecule has 0 aromatic heterocycles. The zero-order chi connectivity index (χ0) is 29.0. The SMILES string of the molecule is CCCc1cc(C(=O)c2ccc(-c3ccccc3)cc2)ccc1OCCCOc1ccc(NCC(=O)O)c(C=N)c1. The molecule has 0 bridgehead atoms. The molecule has 0 saturated carbocycles. The molecule has 7 heteroatoms. The van der Waals surface area contributed by atoms with Crippen LogP contribution in [-0.4, -0.2) is 42.8 Å². The van der Waals surface area contributed by atoms with Gasteiger partial charge in [0.2, 0.25) is 0 Å². The number of carbonyl (C=O) groups excluding carboxylic acids is 1. The molecule has 0 amide bonds. The zero-order valence-corrected chi connectivity index (χ0v) is 23.1. The first-order chi connectivity index (χ1) is 20.0.